The van der Waals surface area contributed by atoms with Crippen LogP contribution >= 0.6 is 0 Å². The van der Waals surface area contributed by atoms with Crippen molar-refractivity contribution in [1.82, 2.24) is 10.2 Å². The summed E-state index contributed by atoms with van der Waals surface area (Å²) in [5.41, 5.74) is 16.9. The molecule has 1 heterocycles. The molecule has 0 aliphatic carbocycles. The average molecular weight is 314 g/mol. The first-order chi connectivity index (χ1) is 10.9. The van der Waals surface area contributed by atoms with E-state index in [9.17, 15) is 0 Å². The lowest BCUT2D eigenvalue weighted by Gasteiger charge is -2.32. The van der Waals surface area contributed by atoms with E-state index in [2.05, 4.69) is 68.5 Å². The Kier molecular flexibility index (Phi) is 5.63. The highest BCUT2D eigenvalue weighted by molar-refractivity contribution is 5.79. The Bertz CT molecular complexity index is 603. The molecule has 1 aliphatic rings. The van der Waals surface area contributed by atoms with Gasteiger partial charge in [0.05, 0.1) is 6.17 Å². The van der Waals surface area contributed by atoms with Crippen LogP contribution in [0.25, 0.3) is 5.57 Å². The number of likely N-dealkylation sites (N-methyl/N-ethyl adjacent to an activating group) is 1. The van der Waals surface area contributed by atoms with Crippen molar-refractivity contribution in [2.75, 3.05) is 27.2 Å². The van der Waals surface area contributed by atoms with E-state index in [1.807, 2.05) is 6.20 Å². The molecule has 1 aliphatic heterocycles. The fourth-order valence-corrected chi connectivity index (χ4v) is 3.30. The number of hydrogen-bond acceptors (Lipinski definition) is 4. The molecule has 2 rings (SSSR count). The summed E-state index contributed by atoms with van der Waals surface area (Å²) in [6.45, 7) is 6.06. The first kappa shape index (κ1) is 17.7. The van der Waals surface area contributed by atoms with Crippen LogP contribution in [0.15, 0.2) is 42.1 Å². The Hall–Kier alpha value is -1.62. The van der Waals surface area contributed by atoms with Gasteiger partial charge in [-0.05, 0) is 55.1 Å². The van der Waals surface area contributed by atoms with Gasteiger partial charge in [0.25, 0.3) is 0 Å². The lowest BCUT2D eigenvalue weighted by atomic mass is 9.78. The zero-order chi connectivity index (χ0) is 17.0. The summed E-state index contributed by atoms with van der Waals surface area (Å²) in [6, 6.07) is 8.80. The van der Waals surface area contributed by atoms with E-state index < -0.39 is 0 Å². The van der Waals surface area contributed by atoms with Crippen molar-refractivity contribution in [2.45, 2.75) is 31.8 Å². The van der Waals surface area contributed by atoms with Gasteiger partial charge in [-0.15, -0.1) is 0 Å². The van der Waals surface area contributed by atoms with Crippen LogP contribution in [0.2, 0.25) is 0 Å². The summed E-state index contributed by atoms with van der Waals surface area (Å²) in [6.07, 6.45) is 4.86. The summed E-state index contributed by atoms with van der Waals surface area (Å²) in [7, 11) is 4.25. The molecule has 0 saturated carbocycles. The molecular weight excluding hydrogens is 284 g/mol. The topological polar surface area (TPSA) is 67.3 Å². The standard InChI is InChI=1S/C19H30N4/c1-5-19(2,13-23(3)4)15-8-6-7-14(11-15)16-9-10-22-18(21)17(16)12-20/h6-11,18,22H,5,12-13,20-21H2,1-4H3. The van der Waals surface area contributed by atoms with E-state index in [4.69, 9.17) is 11.5 Å². The van der Waals surface area contributed by atoms with Gasteiger partial charge in [0.15, 0.2) is 0 Å². The Morgan fingerprint density at radius 1 is 1.30 bits per heavy atom. The molecule has 23 heavy (non-hydrogen) atoms. The van der Waals surface area contributed by atoms with Crippen molar-refractivity contribution in [3.8, 4) is 0 Å². The van der Waals surface area contributed by atoms with E-state index in [1.54, 1.807) is 0 Å². The number of hydrogen-bond donors (Lipinski definition) is 3. The first-order valence-corrected chi connectivity index (χ1v) is 8.28. The molecule has 0 saturated heterocycles. The van der Waals surface area contributed by atoms with Crippen molar-refractivity contribution in [2.24, 2.45) is 11.5 Å². The average Bonchev–Trinajstić information content (AvgIpc) is 2.54. The molecule has 4 nitrogen and oxygen atoms in total. The van der Waals surface area contributed by atoms with Crippen LogP contribution in [-0.2, 0) is 5.41 Å². The van der Waals surface area contributed by atoms with Crippen molar-refractivity contribution in [3.63, 3.8) is 0 Å². The van der Waals surface area contributed by atoms with Crippen molar-refractivity contribution >= 4 is 5.57 Å². The second kappa shape index (κ2) is 7.30. The normalized spacial score (nSPS) is 20.6. The van der Waals surface area contributed by atoms with Crippen molar-refractivity contribution < 1.29 is 0 Å². The Morgan fingerprint density at radius 2 is 2.04 bits per heavy atom. The zero-order valence-corrected chi connectivity index (χ0v) is 14.8. The molecule has 2 unspecified atom stereocenters. The lowest BCUT2D eigenvalue weighted by molar-refractivity contribution is 0.291. The SMILES string of the molecule is CCC(C)(CN(C)C)c1cccc(C2=C(CN)C(N)NC=C2)c1. The Balaban J connectivity index is 2.46. The molecule has 0 spiro atoms. The molecule has 0 amide bonds. The van der Waals surface area contributed by atoms with E-state index in [-0.39, 0.29) is 11.6 Å². The fourth-order valence-electron chi connectivity index (χ4n) is 3.30. The van der Waals surface area contributed by atoms with Gasteiger partial charge in [0, 0.05) is 18.5 Å². The summed E-state index contributed by atoms with van der Waals surface area (Å²) < 4.78 is 0. The molecule has 2 atom stereocenters. The second-order valence-electron chi connectivity index (χ2n) is 6.85. The maximum absolute atomic E-state index is 6.13. The summed E-state index contributed by atoms with van der Waals surface area (Å²) in [4.78, 5) is 2.25. The largest absolute Gasteiger partial charge is 0.372 e. The van der Waals surface area contributed by atoms with Crippen LogP contribution in [0.4, 0.5) is 0 Å². The molecule has 1 aromatic rings. The number of benzene rings is 1. The third-order valence-electron chi connectivity index (χ3n) is 4.78. The van der Waals surface area contributed by atoms with E-state index in [0.717, 1.165) is 24.1 Å². The van der Waals surface area contributed by atoms with Crippen LogP contribution in [0.5, 0.6) is 0 Å². The highest BCUT2D eigenvalue weighted by Crippen LogP contribution is 2.32. The molecule has 0 bridgehead atoms. The molecular formula is C19H30N4. The molecule has 4 heteroatoms. The Labute approximate surface area is 140 Å². The highest BCUT2D eigenvalue weighted by Gasteiger charge is 2.26. The van der Waals surface area contributed by atoms with Crippen LogP contribution in [0, 0.1) is 0 Å². The van der Waals surface area contributed by atoms with Crippen LogP contribution in [0.1, 0.15) is 31.4 Å². The number of nitrogens with one attached hydrogen (secondary N) is 1. The molecule has 0 aromatic heterocycles. The van der Waals surface area contributed by atoms with Gasteiger partial charge in [-0.25, -0.2) is 0 Å². The Morgan fingerprint density at radius 3 is 2.65 bits per heavy atom. The first-order valence-electron chi connectivity index (χ1n) is 8.28. The molecule has 5 N–H and O–H groups in total. The highest BCUT2D eigenvalue weighted by atomic mass is 15.1. The van der Waals surface area contributed by atoms with Crippen molar-refractivity contribution in [3.05, 3.63) is 53.2 Å². The van der Waals surface area contributed by atoms with Gasteiger partial charge in [0.2, 0.25) is 0 Å². The predicted molar refractivity (Wildman–Crippen MR) is 98.9 cm³/mol. The molecule has 126 valence electrons. The predicted octanol–water partition coefficient (Wildman–Crippen LogP) is 2.03. The van der Waals surface area contributed by atoms with Gasteiger partial charge in [-0.1, -0.05) is 38.1 Å². The van der Waals surface area contributed by atoms with Crippen LogP contribution < -0.4 is 16.8 Å². The zero-order valence-electron chi connectivity index (χ0n) is 14.8. The number of nitrogens with zero attached hydrogens (tertiary/aromatic N) is 1. The van der Waals surface area contributed by atoms with E-state index >= 15 is 0 Å². The lowest BCUT2D eigenvalue weighted by Crippen LogP contribution is -2.40. The maximum Gasteiger partial charge on any atom is 0.0982 e. The van der Waals surface area contributed by atoms with E-state index in [1.165, 1.54) is 11.1 Å². The number of dihydropyridines is 1. The van der Waals surface area contributed by atoms with Crippen molar-refractivity contribution in [1.29, 1.82) is 0 Å². The second-order valence-corrected chi connectivity index (χ2v) is 6.85. The maximum atomic E-state index is 6.13. The van der Waals surface area contributed by atoms with Gasteiger partial charge >= 0.3 is 0 Å². The number of nitrogens with two attached hydrogens (primary N) is 2. The minimum atomic E-state index is -0.206. The minimum absolute atomic E-state index is 0.127. The monoisotopic (exact) mass is 314 g/mol. The summed E-state index contributed by atoms with van der Waals surface area (Å²) in [5.74, 6) is 0. The smallest absolute Gasteiger partial charge is 0.0982 e. The van der Waals surface area contributed by atoms with Gasteiger partial charge in [0.1, 0.15) is 0 Å². The molecule has 0 radical (unpaired) electrons. The van der Waals surface area contributed by atoms with Gasteiger partial charge in [-0.3, -0.25) is 0 Å². The minimum Gasteiger partial charge on any atom is -0.372 e. The quantitative estimate of drug-likeness (QED) is 0.751. The summed E-state index contributed by atoms with van der Waals surface area (Å²) >= 11 is 0. The third-order valence-corrected chi connectivity index (χ3v) is 4.78. The number of allylic oxidation sites excluding steroid dienone is 2. The van der Waals surface area contributed by atoms with Gasteiger partial charge in [-0.2, -0.15) is 0 Å². The fraction of sp³-hybridized carbons (Fsp3) is 0.474. The van der Waals surface area contributed by atoms with E-state index in [0.29, 0.717) is 6.54 Å². The molecule has 1 aromatic carbocycles. The van der Waals surface area contributed by atoms with Gasteiger partial charge < -0.3 is 21.7 Å². The van der Waals surface area contributed by atoms with Crippen LogP contribution in [0.3, 0.4) is 0 Å². The number of rotatable bonds is 6. The van der Waals surface area contributed by atoms with Crippen LogP contribution in [-0.4, -0.2) is 38.3 Å². The summed E-state index contributed by atoms with van der Waals surface area (Å²) in [5, 5.41) is 3.12. The third kappa shape index (κ3) is 3.83. The molecule has 0 fully saturated rings.